The van der Waals surface area contributed by atoms with Crippen molar-refractivity contribution in [3.05, 3.63) is 0 Å². The lowest BCUT2D eigenvalue weighted by molar-refractivity contribution is 0.0409. The Bertz CT molecular complexity index is 255. The fourth-order valence-electron chi connectivity index (χ4n) is 3.41. The predicted molar refractivity (Wildman–Crippen MR) is 73.5 cm³/mol. The minimum absolute atomic E-state index is 0.101. The number of likely N-dealkylation sites (tertiary alicyclic amines) is 1. The van der Waals surface area contributed by atoms with Crippen molar-refractivity contribution >= 4 is 0 Å². The molecule has 0 amide bonds. The molecule has 1 aliphatic heterocycles. The van der Waals surface area contributed by atoms with Crippen LogP contribution in [0.15, 0.2) is 0 Å². The first-order chi connectivity index (χ1) is 8.57. The molecule has 1 saturated carbocycles. The standard InChI is InChI=1S/C15H29NO2/c1-15(18)8-5-10-16(11-9-15)12-13-6-3-2-4-7-14(13)17/h13-14,17-18H,2-12H2,1H3. The molecule has 1 aliphatic carbocycles. The van der Waals surface area contributed by atoms with E-state index >= 15 is 0 Å². The molecule has 1 saturated heterocycles. The van der Waals surface area contributed by atoms with Crippen LogP contribution in [0.4, 0.5) is 0 Å². The second kappa shape index (κ2) is 6.36. The quantitative estimate of drug-likeness (QED) is 0.743. The van der Waals surface area contributed by atoms with Gasteiger partial charge in [0.2, 0.25) is 0 Å². The van der Waals surface area contributed by atoms with Gasteiger partial charge in [-0.05, 0) is 51.5 Å². The van der Waals surface area contributed by atoms with Crippen LogP contribution in [-0.4, -0.2) is 46.5 Å². The molecule has 3 heteroatoms. The Morgan fingerprint density at radius 1 is 1.06 bits per heavy atom. The van der Waals surface area contributed by atoms with Crippen molar-refractivity contribution in [2.75, 3.05) is 19.6 Å². The van der Waals surface area contributed by atoms with Crippen LogP contribution < -0.4 is 0 Å². The van der Waals surface area contributed by atoms with Crippen LogP contribution in [0.1, 0.15) is 58.3 Å². The van der Waals surface area contributed by atoms with Crippen LogP contribution >= 0.6 is 0 Å². The van der Waals surface area contributed by atoms with Gasteiger partial charge in [0.15, 0.2) is 0 Å². The maximum absolute atomic E-state index is 10.2. The van der Waals surface area contributed by atoms with E-state index in [4.69, 9.17) is 0 Å². The number of hydrogen-bond donors (Lipinski definition) is 2. The first-order valence-electron chi connectivity index (χ1n) is 7.70. The normalized spacial score (nSPS) is 40.2. The third-order valence-electron chi connectivity index (χ3n) is 4.77. The van der Waals surface area contributed by atoms with Gasteiger partial charge in [-0.2, -0.15) is 0 Å². The Labute approximate surface area is 111 Å². The summed E-state index contributed by atoms with van der Waals surface area (Å²) in [6.07, 6.45) is 8.66. The molecule has 0 radical (unpaired) electrons. The zero-order valence-electron chi connectivity index (χ0n) is 11.8. The summed E-state index contributed by atoms with van der Waals surface area (Å²) in [5.41, 5.74) is -0.475. The second-order valence-corrected chi connectivity index (χ2v) is 6.62. The fourth-order valence-corrected chi connectivity index (χ4v) is 3.41. The lowest BCUT2D eigenvalue weighted by Gasteiger charge is -2.28. The summed E-state index contributed by atoms with van der Waals surface area (Å²) in [5, 5.41) is 20.3. The van der Waals surface area contributed by atoms with Gasteiger partial charge in [-0.1, -0.05) is 19.3 Å². The van der Waals surface area contributed by atoms with E-state index in [0.717, 1.165) is 45.3 Å². The highest BCUT2D eigenvalue weighted by molar-refractivity contribution is 4.82. The largest absolute Gasteiger partial charge is 0.393 e. The summed E-state index contributed by atoms with van der Waals surface area (Å²) in [4.78, 5) is 2.46. The molecule has 106 valence electrons. The smallest absolute Gasteiger partial charge is 0.0632 e. The number of aliphatic hydroxyl groups is 2. The highest BCUT2D eigenvalue weighted by Crippen LogP contribution is 2.27. The van der Waals surface area contributed by atoms with Gasteiger partial charge in [0.25, 0.3) is 0 Å². The highest BCUT2D eigenvalue weighted by Gasteiger charge is 2.28. The monoisotopic (exact) mass is 255 g/mol. The van der Waals surface area contributed by atoms with Crippen LogP contribution in [-0.2, 0) is 0 Å². The zero-order valence-corrected chi connectivity index (χ0v) is 11.8. The number of hydrogen-bond acceptors (Lipinski definition) is 3. The van der Waals surface area contributed by atoms with Crippen molar-refractivity contribution in [2.24, 2.45) is 5.92 Å². The summed E-state index contributed by atoms with van der Waals surface area (Å²) >= 11 is 0. The molecular formula is C15H29NO2. The van der Waals surface area contributed by atoms with E-state index in [1.165, 1.54) is 25.7 Å². The molecule has 0 bridgehead atoms. The van der Waals surface area contributed by atoms with Gasteiger partial charge in [-0.15, -0.1) is 0 Å². The third kappa shape index (κ3) is 4.22. The molecule has 3 unspecified atom stereocenters. The lowest BCUT2D eigenvalue weighted by Crippen LogP contribution is -2.36. The van der Waals surface area contributed by atoms with Crippen molar-refractivity contribution in [2.45, 2.75) is 70.0 Å². The summed E-state index contributed by atoms with van der Waals surface area (Å²) in [5.74, 6) is 0.454. The van der Waals surface area contributed by atoms with Crippen molar-refractivity contribution in [1.82, 2.24) is 4.90 Å². The predicted octanol–water partition coefficient (Wildman–Crippen LogP) is 2.16. The summed E-state index contributed by atoms with van der Waals surface area (Å²) in [6.45, 7) is 5.05. The van der Waals surface area contributed by atoms with E-state index in [1.807, 2.05) is 6.92 Å². The summed E-state index contributed by atoms with van der Waals surface area (Å²) < 4.78 is 0. The first kappa shape index (κ1) is 14.3. The van der Waals surface area contributed by atoms with E-state index in [-0.39, 0.29) is 6.10 Å². The molecule has 2 rings (SSSR count). The molecule has 3 atom stereocenters. The van der Waals surface area contributed by atoms with E-state index in [0.29, 0.717) is 5.92 Å². The van der Waals surface area contributed by atoms with Crippen molar-refractivity contribution < 1.29 is 10.2 Å². The maximum atomic E-state index is 10.2. The molecule has 2 aliphatic rings. The Morgan fingerprint density at radius 3 is 2.67 bits per heavy atom. The van der Waals surface area contributed by atoms with Gasteiger partial charge in [-0.3, -0.25) is 0 Å². The number of rotatable bonds is 2. The van der Waals surface area contributed by atoms with Crippen LogP contribution in [0.3, 0.4) is 0 Å². The first-order valence-corrected chi connectivity index (χ1v) is 7.70. The zero-order chi connectivity index (χ0) is 13.0. The SMILES string of the molecule is CC1(O)CCCN(CC2CCCCCC2O)CC1. The van der Waals surface area contributed by atoms with Crippen LogP contribution in [0.2, 0.25) is 0 Å². The average molecular weight is 255 g/mol. The minimum Gasteiger partial charge on any atom is -0.393 e. The Balaban J connectivity index is 1.84. The molecule has 0 aromatic rings. The minimum atomic E-state index is -0.475. The van der Waals surface area contributed by atoms with E-state index in [2.05, 4.69) is 4.90 Å². The van der Waals surface area contributed by atoms with Gasteiger partial charge >= 0.3 is 0 Å². The topological polar surface area (TPSA) is 43.7 Å². The second-order valence-electron chi connectivity index (χ2n) is 6.62. The Morgan fingerprint density at radius 2 is 1.83 bits per heavy atom. The van der Waals surface area contributed by atoms with Gasteiger partial charge in [-0.25, -0.2) is 0 Å². The number of nitrogens with zero attached hydrogens (tertiary/aromatic N) is 1. The van der Waals surface area contributed by atoms with Gasteiger partial charge in [0, 0.05) is 13.1 Å². The Kier molecular flexibility index (Phi) is 5.05. The van der Waals surface area contributed by atoms with Crippen molar-refractivity contribution in [3.63, 3.8) is 0 Å². The van der Waals surface area contributed by atoms with Crippen LogP contribution in [0, 0.1) is 5.92 Å². The fraction of sp³-hybridized carbons (Fsp3) is 1.00. The van der Waals surface area contributed by atoms with Gasteiger partial charge in [0.05, 0.1) is 11.7 Å². The number of aliphatic hydroxyl groups excluding tert-OH is 1. The Hall–Kier alpha value is -0.120. The molecule has 0 aromatic heterocycles. The van der Waals surface area contributed by atoms with Crippen LogP contribution in [0.5, 0.6) is 0 Å². The molecule has 0 spiro atoms. The van der Waals surface area contributed by atoms with Crippen molar-refractivity contribution in [1.29, 1.82) is 0 Å². The molecular weight excluding hydrogens is 226 g/mol. The molecule has 3 nitrogen and oxygen atoms in total. The van der Waals surface area contributed by atoms with Gasteiger partial charge < -0.3 is 15.1 Å². The van der Waals surface area contributed by atoms with Crippen molar-refractivity contribution in [3.8, 4) is 0 Å². The lowest BCUT2D eigenvalue weighted by atomic mass is 9.96. The molecule has 2 N–H and O–H groups in total. The average Bonchev–Trinajstić information content (AvgIpc) is 2.60. The van der Waals surface area contributed by atoms with Gasteiger partial charge in [0.1, 0.15) is 0 Å². The molecule has 0 aromatic carbocycles. The third-order valence-corrected chi connectivity index (χ3v) is 4.77. The molecule has 2 fully saturated rings. The molecule has 18 heavy (non-hydrogen) atoms. The summed E-state index contributed by atoms with van der Waals surface area (Å²) in [6, 6.07) is 0. The summed E-state index contributed by atoms with van der Waals surface area (Å²) in [7, 11) is 0. The van der Waals surface area contributed by atoms with Crippen LogP contribution in [0.25, 0.3) is 0 Å². The maximum Gasteiger partial charge on any atom is 0.0632 e. The molecule has 1 heterocycles. The highest BCUT2D eigenvalue weighted by atomic mass is 16.3. The van der Waals surface area contributed by atoms with E-state index < -0.39 is 5.60 Å². The van der Waals surface area contributed by atoms with E-state index in [9.17, 15) is 10.2 Å². The van der Waals surface area contributed by atoms with E-state index in [1.54, 1.807) is 0 Å².